The van der Waals surface area contributed by atoms with Crippen LogP contribution in [0.5, 0.6) is 0 Å². The van der Waals surface area contributed by atoms with Crippen molar-refractivity contribution in [2.75, 3.05) is 0 Å². The Kier molecular flexibility index (Phi) is 3.09. The van der Waals surface area contributed by atoms with Crippen molar-refractivity contribution in [2.24, 2.45) is 5.73 Å². The molecule has 1 fully saturated rings. The minimum atomic E-state index is -0.653. The summed E-state index contributed by atoms with van der Waals surface area (Å²) in [7, 11) is 0. The van der Waals surface area contributed by atoms with Gasteiger partial charge in [-0.1, -0.05) is 19.3 Å². The Labute approximate surface area is 77.3 Å². The largest absolute Gasteiger partial charge is 0.351 e. The summed E-state index contributed by atoms with van der Waals surface area (Å²) in [5.41, 5.74) is 9.27. The summed E-state index contributed by atoms with van der Waals surface area (Å²) in [4.78, 5) is 10.4. The van der Waals surface area contributed by atoms with Crippen LogP contribution in [0.25, 0.3) is 0 Å². The highest BCUT2D eigenvalue weighted by Gasteiger charge is 2.31. The van der Waals surface area contributed by atoms with Gasteiger partial charge in [-0.05, 0) is 12.8 Å². The fourth-order valence-electron chi connectivity index (χ4n) is 1.60. The number of primary amides is 1. The Morgan fingerprint density at radius 2 is 2.00 bits per heavy atom. The molecule has 5 heteroatoms. The number of nitrogens with one attached hydrogen (secondary N) is 2. The molecule has 2 amide bonds. The van der Waals surface area contributed by atoms with E-state index >= 15 is 0 Å². The normalized spacial score (nSPS) is 20.2. The number of carbonyl (C=O) groups is 1. The molecule has 0 atom stereocenters. The number of hydrogen-bond acceptors (Lipinski definition) is 3. The summed E-state index contributed by atoms with van der Waals surface area (Å²) in [5, 5.41) is 8.95. The first-order valence-corrected chi connectivity index (χ1v) is 4.42. The van der Waals surface area contributed by atoms with E-state index in [0.29, 0.717) is 0 Å². The van der Waals surface area contributed by atoms with E-state index in [2.05, 4.69) is 16.9 Å². The Morgan fingerprint density at radius 1 is 1.38 bits per heavy atom. The molecule has 0 aromatic carbocycles. The van der Waals surface area contributed by atoms with Gasteiger partial charge in [-0.15, -0.1) is 0 Å². The van der Waals surface area contributed by atoms with Gasteiger partial charge >= 0.3 is 6.03 Å². The molecular weight excluding hydrogens is 168 g/mol. The maximum atomic E-state index is 10.4. The number of hydrogen-bond donors (Lipinski definition) is 3. The van der Waals surface area contributed by atoms with Crippen LogP contribution in [0, 0.1) is 11.3 Å². The number of nitrogens with zero attached hydrogens (tertiary/aromatic N) is 1. The zero-order chi connectivity index (χ0) is 9.73. The molecule has 1 aliphatic rings. The quantitative estimate of drug-likeness (QED) is 0.539. The average molecular weight is 182 g/mol. The SMILES string of the molecule is N#CC1(NNC(N)=O)CCCCC1. The van der Waals surface area contributed by atoms with E-state index in [4.69, 9.17) is 11.0 Å². The van der Waals surface area contributed by atoms with E-state index < -0.39 is 11.6 Å². The van der Waals surface area contributed by atoms with Gasteiger partial charge in [-0.3, -0.25) is 5.43 Å². The highest BCUT2D eigenvalue weighted by molar-refractivity contribution is 5.71. The maximum Gasteiger partial charge on any atom is 0.326 e. The Morgan fingerprint density at radius 3 is 2.46 bits per heavy atom. The van der Waals surface area contributed by atoms with Crippen LogP contribution < -0.4 is 16.6 Å². The van der Waals surface area contributed by atoms with Crippen LogP contribution in [-0.4, -0.2) is 11.6 Å². The van der Waals surface area contributed by atoms with Crippen molar-refractivity contribution in [3.05, 3.63) is 0 Å². The molecule has 4 N–H and O–H groups in total. The summed E-state index contributed by atoms with van der Waals surface area (Å²) in [6.07, 6.45) is 4.72. The van der Waals surface area contributed by atoms with Gasteiger partial charge in [-0.2, -0.15) is 5.26 Å². The van der Waals surface area contributed by atoms with E-state index in [9.17, 15) is 4.79 Å². The molecule has 5 nitrogen and oxygen atoms in total. The third-order valence-corrected chi connectivity index (χ3v) is 2.35. The second-order valence-corrected chi connectivity index (χ2v) is 3.37. The van der Waals surface area contributed by atoms with E-state index in [1.807, 2.05) is 0 Å². The summed E-state index contributed by atoms with van der Waals surface area (Å²) >= 11 is 0. The van der Waals surface area contributed by atoms with Crippen LogP contribution in [-0.2, 0) is 0 Å². The lowest BCUT2D eigenvalue weighted by Gasteiger charge is -2.31. The maximum absolute atomic E-state index is 10.4. The second-order valence-electron chi connectivity index (χ2n) is 3.37. The van der Waals surface area contributed by atoms with Gasteiger partial charge in [0.1, 0.15) is 5.54 Å². The lowest BCUT2D eigenvalue weighted by Crippen LogP contribution is -2.55. The first kappa shape index (κ1) is 9.81. The topological polar surface area (TPSA) is 90.9 Å². The lowest BCUT2D eigenvalue weighted by molar-refractivity contribution is 0.226. The zero-order valence-corrected chi connectivity index (χ0v) is 7.47. The van der Waals surface area contributed by atoms with Gasteiger partial charge < -0.3 is 5.73 Å². The fourth-order valence-corrected chi connectivity index (χ4v) is 1.60. The van der Waals surface area contributed by atoms with E-state index in [0.717, 1.165) is 32.1 Å². The summed E-state index contributed by atoms with van der Waals surface area (Å²) in [6, 6.07) is 1.54. The summed E-state index contributed by atoms with van der Waals surface area (Å²) in [6.45, 7) is 0. The van der Waals surface area contributed by atoms with Crippen molar-refractivity contribution in [1.82, 2.24) is 10.9 Å². The molecule has 0 radical (unpaired) electrons. The molecule has 0 aromatic rings. The monoisotopic (exact) mass is 182 g/mol. The van der Waals surface area contributed by atoms with E-state index in [-0.39, 0.29) is 0 Å². The van der Waals surface area contributed by atoms with Gasteiger partial charge in [0.2, 0.25) is 0 Å². The number of carbonyl (C=O) groups excluding carboxylic acids is 1. The predicted molar refractivity (Wildman–Crippen MR) is 47.3 cm³/mol. The van der Waals surface area contributed by atoms with Crippen LogP contribution in [0.1, 0.15) is 32.1 Å². The number of urea groups is 1. The molecule has 0 heterocycles. The average Bonchev–Trinajstić information content (AvgIpc) is 2.16. The van der Waals surface area contributed by atoms with Gasteiger partial charge in [0.25, 0.3) is 0 Å². The lowest BCUT2D eigenvalue weighted by atomic mass is 9.83. The molecule has 0 unspecified atom stereocenters. The van der Waals surface area contributed by atoms with Crippen molar-refractivity contribution >= 4 is 6.03 Å². The van der Waals surface area contributed by atoms with Crippen molar-refractivity contribution in [1.29, 1.82) is 5.26 Å². The van der Waals surface area contributed by atoms with Gasteiger partial charge in [0, 0.05) is 0 Å². The smallest absolute Gasteiger partial charge is 0.326 e. The zero-order valence-electron chi connectivity index (χ0n) is 7.47. The number of rotatable bonds is 2. The first-order chi connectivity index (χ1) is 6.18. The molecule has 0 aliphatic heterocycles. The molecule has 0 bridgehead atoms. The van der Waals surface area contributed by atoms with Crippen molar-refractivity contribution in [2.45, 2.75) is 37.6 Å². The number of amides is 2. The Balaban J connectivity index is 2.49. The first-order valence-electron chi connectivity index (χ1n) is 4.42. The molecule has 1 rings (SSSR count). The van der Waals surface area contributed by atoms with Crippen LogP contribution in [0.2, 0.25) is 0 Å². The molecule has 1 saturated carbocycles. The molecule has 0 spiro atoms. The van der Waals surface area contributed by atoms with Gasteiger partial charge in [0.15, 0.2) is 0 Å². The Bertz CT molecular complexity index is 227. The molecule has 0 saturated heterocycles. The third kappa shape index (κ3) is 2.60. The predicted octanol–water partition coefficient (Wildman–Crippen LogP) is 0.386. The van der Waals surface area contributed by atoms with Crippen LogP contribution in [0.3, 0.4) is 0 Å². The third-order valence-electron chi connectivity index (χ3n) is 2.35. The van der Waals surface area contributed by atoms with E-state index in [1.165, 1.54) is 0 Å². The van der Waals surface area contributed by atoms with Crippen LogP contribution in [0.15, 0.2) is 0 Å². The highest BCUT2D eigenvalue weighted by Crippen LogP contribution is 2.26. The molecule has 1 aliphatic carbocycles. The molecular formula is C8H14N4O. The number of hydrazine groups is 1. The summed E-state index contributed by atoms with van der Waals surface area (Å²) in [5.74, 6) is 0. The van der Waals surface area contributed by atoms with Crippen molar-refractivity contribution < 1.29 is 4.79 Å². The van der Waals surface area contributed by atoms with Crippen molar-refractivity contribution in [3.63, 3.8) is 0 Å². The molecule has 72 valence electrons. The Hall–Kier alpha value is -1.28. The molecule has 13 heavy (non-hydrogen) atoms. The highest BCUT2D eigenvalue weighted by atomic mass is 16.2. The second kappa shape index (κ2) is 4.10. The van der Waals surface area contributed by atoms with Gasteiger partial charge in [0.05, 0.1) is 6.07 Å². The van der Waals surface area contributed by atoms with Crippen LogP contribution in [0.4, 0.5) is 4.79 Å². The van der Waals surface area contributed by atoms with Crippen LogP contribution >= 0.6 is 0 Å². The minimum absolute atomic E-state index is 0.604. The standard InChI is InChI=1S/C8H14N4O/c9-6-8(12-11-7(10)13)4-2-1-3-5-8/h12H,1-5H2,(H3,10,11,13). The van der Waals surface area contributed by atoms with Crippen molar-refractivity contribution in [3.8, 4) is 6.07 Å². The molecule has 0 aromatic heterocycles. The fraction of sp³-hybridized carbons (Fsp3) is 0.750. The minimum Gasteiger partial charge on any atom is -0.351 e. The summed E-state index contributed by atoms with van der Waals surface area (Å²) < 4.78 is 0. The number of nitrogens with two attached hydrogens (primary N) is 1. The van der Waals surface area contributed by atoms with Gasteiger partial charge in [-0.25, -0.2) is 10.2 Å². The number of nitriles is 1. The van der Waals surface area contributed by atoms with E-state index in [1.54, 1.807) is 0 Å².